The van der Waals surface area contributed by atoms with E-state index in [1.165, 1.54) is 20.8 Å². The van der Waals surface area contributed by atoms with E-state index in [1.807, 2.05) is 6.92 Å². The molecule has 9 nitrogen and oxygen atoms in total. The summed E-state index contributed by atoms with van der Waals surface area (Å²) in [4.78, 5) is 49.5. The summed E-state index contributed by atoms with van der Waals surface area (Å²) in [5.74, 6) is -4.73. The summed E-state index contributed by atoms with van der Waals surface area (Å²) in [5, 5.41) is 11.4. The molecule has 3 rings (SSSR count). The zero-order valence-corrected chi connectivity index (χ0v) is 19.8. The first-order valence-corrected chi connectivity index (χ1v) is 11.2. The molecule has 2 unspecified atom stereocenters. The molecule has 2 fully saturated rings. The third kappa shape index (κ3) is 4.89. The van der Waals surface area contributed by atoms with Gasteiger partial charge in [0, 0.05) is 32.3 Å². The molecule has 6 atom stereocenters. The molecular formula is C24H32O9. The Labute approximate surface area is 193 Å². The topological polar surface area (TPSA) is 125 Å². The third-order valence-corrected chi connectivity index (χ3v) is 6.79. The van der Waals surface area contributed by atoms with Gasteiger partial charge in [0.1, 0.15) is 5.60 Å². The lowest BCUT2D eigenvalue weighted by Crippen LogP contribution is -2.54. The molecule has 0 spiro atoms. The first-order valence-electron chi connectivity index (χ1n) is 11.2. The summed E-state index contributed by atoms with van der Waals surface area (Å²) in [6.07, 6.45) is -1.35. The number of carbonyl (C=O) groups is 4. The maximum absolute atomic E-state index is 12.7. The van der Waals surface area contributed by atoms with E-state index in [9.17, 15) is 24.3 Å². The lowest BCUT2D eigenvalue weighted by molar-refractivity contribution is -0.205. The van der Waals surface area contributed by atoms with Gasteiger partial charge in [0.25, 0.3) is 0 Å². The second-order valence-electron chi connectivity index (χ2n) is 9.50. The number of hydrogen-bond donors (Lipinski definition) is 1. The smallest absolute Gasteiger partial charge is 0.336 e. The van der Waals surface area contributed by atoms with Crippen LogP contribution in [-0.2, 0) is 38.1 Å². The summed E-state index contributed by atoms with van der Waals surface area (Å²) in [5.41, 5.74) is -1.09. The van der Waals surface area contributed by atoms with Gasteiger partial charge in [-0.05, 0) is 44.6 Å². The summed E-state index contributed by atoms with van der Waals surface area (Å²) >= 11 is 0. The Balaban J connectivity index is 2.21. The summed E-state index contributed by atoms with van der Waals surface area (Å²) in [6, 6.07) is 0. The van der Waals surface area contributed by atoms with Crippen molar-refractivity contribution in [2.45, 2.75) is 96.4 Å². The van der Waals surface area contributed by atoms with E-state index in [-0.39, 0.29) is 40.9 Å². The predicted octanol–water partition coefficient (Wildman–Crippen LogP) is 2.29. The molecule has 0 radical (unpaired) electrons. The van der Waals surface area contributed by atoms with Gasteiger partial charge in [-0.3, -0.25) is 14.4 Å². The van der Waals surface area contributed by atoms with Gasteiger partial charge >= 0.3 is 17.9 Å². The molecule has 2 saturated heterocycles. The normalized spacial score (nSPS) is 37.5. The Kier molecular flexibility index (Phi) is 6.87. The molecule has 9 heteroatoms. The maximum Gasteiger partial charge on any atom is 0.336 e. The van der Waals surface area contributed by atoms with Crippen LogP contribution in [0, 0.1) is 5.92 Å². The average Bonchev–Trinajstić information content (AvgIpc) is 3.20. The number of rotatable bonds is 2. The van der Waals surface area contributed by atoms with Crippen LogP contribution in [0.4, 0.5) is 0 Å². The number of Topliss-reactive ketones (excluding diaryl/α,β-unsaturated/α-hetero) is 1. The second-order valence-corrected chi connectivity index (χ2v) is 9.50. The molecule has 3 heterocycles. The number of ether oxygens (including phenoxy) is 4. The predicted molar refractivity (Wildman–Crippen MR) is 115 cm³/mol. The molecule has 0 aliphatic carbocycles. The van der Waals surface area contributed by atoms with Crippen LogP contribution in [0.25, 0.3) is 0 Å². The number of hydrogen-bond acceptors (Lipinski definition) is 9. The number of esters is 3. The van der Waals surface area contributed by atoms with Crippen LogP contribution in [0.15, 0.2) is 23.3 Å². The number of carbonyl (C=O) groups excluding carboxylic acids is 4. The Bertz CT molecular complexity index is 919. The van der Waals surface area contributed by atoms with Crippen LogP contribution in [0.5, 0.6) is 0 Å². The first kappa shape index (κ1) is 25.1. The van der Waals surface area contributed by atoms with Crippen LogP contribution >= 0.6 is 0 Å². The molecule has 0 saturated carbocycles. The molecule has 182 valence electrons. The largest absolute Gasteiger partial charge is 0.455 e. The van der Waals surface area contributed by atoms with Crippen LogP contribution in [0.1, 0.15) is 66.7 Å². The van der Waals surface area contributed by atoms with Crippen LogP contribution in [0.2, 0.25) is 0 Å². The fourth-order valence-corrected chi connectivity index (χ4v) is 5.00. The van der Waals surface area contributed by atoms with Crippen molar-refractivity contribution < 1.29 is 43.2 Å². The average molecular weight is 465 g/mol. The summed E-state index contributed by atoms with van der Waals surface area (Å²) in [7, 11) is 0. The molecule has 0 amide bonds. The minimum Gasteiger partial charge on any atom is -0.455 e. The summed E-state index contributed by atoms with van der Waals surface area (Å²) < 4.78 is 22.9. The molecule has 1 N–H and O–H groups in total. The second kappa shape index (κ2) is 9.02. The summed E-state index contributed by atoms with van der Waals surface area (Å²) in [6.45, 7) is 11.3. The van der Waals surface area contributed by atoms with Gasteiger partial charge in [0.05, 0.1) is 11.7 Å². The lowest BCUT2D eigenvalue weighted by atomic mass is 9.81. The van der Waals surface area contributed by atoms with E-state index in [0.29, 0.717) is 19.3 Å². The Morgan fingerprint density at radius 3 is 2.39 bits per heavy atom. The first-order chi connectivity index (χ1) is 15.3. The molecule has 3 aliphatic heterocycles. The van der Waals surface area contributed by atoms with Crippen LogP contribution < -0.4 is 0 Å². The minimum absolute atomic E-state index is 0.00235. The number of aliphatic hydroxyl groups is 1. The van der Waals surface area contributed by atoms with Crippen molar-refractivity contribution in [2.24, 2.45) is 5.92 Å². The van der Waals surface area contributed by atoms with Gasteiger partial charge in [0.2, 0.25) is 5.79 Å². The van der Waals surface area contributed by atoms with E-state index in [0.717, 1.165) is 0 Å². The standard InChI is InChI=1S/C24H32O9/c1-12-7-8-17(27)13(2)11-24(29)19(14(3)22(28)33-24)20(30-15(4)25)21(31-16(5)26)23(6)10-9-18(12)32-23/h12,18,20-21,29H,2,7-11H2,1,3-6H3/t12-,18+,20-,21+,23?,24?/m0/s1. The fourth-order valence-electron chi connectivity index (χ4n) is 5.00. The van der Waals surface area contributed by atoms with E-state index in [4.69, 9.17) is 18.9 Å². The molecule has 0 aromatic rings. The quantitative estimate of drug-likeness (QED) is 0.372. The minimum atomic E-state index is -2.29. The van der Waals surface area contributed by atoms with Crippen molar-refractivity contribution in [3.05, 3.63) is 23.3 Å². The highest BCUT2D eigenvalue weighted by Crippen LogP contribution is 2.46. The van der Waals surface area contributed by atoms with Gasteiger partial charge in [-0.2, -0.15) is 0 Å². The monoisotopic (exact) mass is 464 g/mol. The molecule has 3 aliphatic rings. The van der Waals surface area contributed by atoms with Crippen molar-refractivity contribution in [1.82, 2.24) is 0 Å². The zero-order chi connectivity index (χ0) is 24.7. The fraction of sp³-hybridized carbons (Fsp3) is 0.667. The van der Waals surface area contributed by atoms with Gasteiger partial charge in [-0.1, -0.05) is 13.5 Å². The highest BCUT2D eigenvalue weighted by Gasteiger charge is 2.58. The van der Waals surface area contributed by atoms with Crippen molar-refractivity contribution >= 4 is 23.7 Å². The van der Waals surface area contributed by atoms with E-state index < -0.39 is 47.9 Å². The van der Waals surface area contributed by atoms with Crippen molar-refractivity contribution in [2.75, 3.05) is 0 Å². The Hall–Kier alpha value is -2.52. The molecule has 33 heavy (non-hydrogen) atoms. The van der Waals surface area contributed by atoms with Gasteiger partial charge in [-0.25, -0.2) is 4.79 Å². The molecule has 2 bridgehead atoms. The number of ketones is 1. The number of fused-ring (bicyclic) bond motifs is 3. The van der Waals surface area contributed by atoms with Crippen molar-refractivity contribution in [1.29, 1.82) is 0 Å². The van der Waals surface area contributed by atoms with Crippen LogP contribution in [-0.4, -0.2) is 58.5 Å². The lowest BCUT2D eigenvalue weighted by Gasteiger charge is -2.40. The SMILES string of the molecule is C=C1CC2(O)OC(=O)C(C)=C2[C@H](OC(C)=O)[C@@H](OC(C)=O)C2(C)CC[C@@H](O2)[C@@H](C)CCC1=O. The van der Waals surface area contributed by atoms with Crippen LogP contribution in [0.3, 0.4) is 0 Å². The Morgan fingerprint density at radius 2 is 1.79 bits per heavy atom. The maximum atomic E-state index is 12.7. The Morgan fingerprint density at radius 1 is 1.15 bits per heavy atom. The molecule has 0 aromatic carbocycles. The third-order valence-electron chi connectivity index (χ3n) is 6.79. The zero-order valence-electron chi connectivity index (χ0n) is 19.8. The molecule has 0 aromatic heterocycles. The van der Waals surface area contributed by atoms with Crippen molar-refractivity contribution in [3.8, 4) is 0 Å². The van der Waals surface area contributed by atoms with Gasteiger partial charge in [-0.15, -0.1) is 0 Å². The highest BCUT2D eigenvalue weighted by atomic mass is 16.7. The molecular weight excluding hydrogens is 432 g/mol. The van der Waals surface area contributed by atoms with E-state index in [2.05, 4.69) is 6.58 Å². The van der Waals surface area contributed by atoms with Gasteiger partial charge in [0.15, 0.2) is 18.0 Å². The highest BCUT2D eigenvalue weighted by molar-refractivity contribution is 5.96. The van der Waals surface area contributed by atoms with Gasteiger partial charge < -0.3 is 24.1 Å². The van der Waals surface area contributed by atoms with E-state index >= 15 is 0 Å². The van der Waals surface area contributed by atoms with E-state index in [1.54, 1.807) is 6.92 Å². The van der Waals surface area contributed by atoms with Crippen molar-refractivity contribution in [3.63, 3.8) is 0 Å².